The Morgan fingerprint density at radius 2 is 1.96 bits per heavy atom. The number of rotatable bonds is 7. The van der Waals surface area contributed by atoms with E-state index in [0.29, 0.717) is 24.5 Å². The first-order valence-electron chi connectivity index (χ1n) is 8.21. The largest absolute Gasteiger partial charge is 0.482 e. The first kappa shape index (κ1) is 18.1. The average molecular weight is 373 g/mol. The van der Waals surface area contributed by atoms with Gasteiger partial charge in [-0.2, -0.15) is 0 Å². The molecule has 26 heavy (non-hydrogen) atoms. The van der Waals surface area contributed by atoms with Crippen LogP contribution in [0.2, 0.25) is 0 Å². The highest BCUT2D eigenvalue weighted by atomic mass is 32.2. The molecule has 7 heteroatoms. The van der Waals surface area contributed by atoms with Crippen LogP contribution in [0.25, 0.3) is 0 Å². The number of aliphatic carboxylic acids is 1. The molecule has 1 aliphatic heterocycles. The molecule has 0 fully saturated rings. The predicted octanol–water partition coefficient (Wildman–Crippen LogP) is 2.36. The van der Waals surface area contributed by atoms with Gasteiger partial charge >= 0.3 is 5.97 Å². The van der Waals surface area contributed by atoms with Crippen LogP contribution in [0.1, 0.15) is 5.56 Å². The lowest BCUT2D eigenvalue weighted by Gasteiger charge is -2.24. The van der Waals surface area contributed by atoms with Gasteiger partial charge in [0.1, 0.15) is 11.5 Å². The van der Waals surface area contributed by atoms with Gasteiger partial charge in [-0.05, 0) is 36.2 Å². The lowest BCUT2D eigenvalue weighted by molar-refractivity contribution is -0.139. The van der Waals surface area contributed by atoms with Crippen molar-refractivity contribution in [2.24, 2.45) is 0 Å². The first-order valence-corrected chi connectivity index (χ1v) is 9.20. The number of carbonyl (C=O) groups is 2. The number of benzene rings is 2. The van der Waals surface area contributed by atoms with Crippen LogP contribution in [0.5, 0.6) is 11.5 Å². The minimum Gasteiger partial charge on any atom is -0.482 e. The number of nitrogens with one attached hydrogen (secondary N) is 1. The van der Waals surface area contributed by atoms with Gasteiger partial charge in [0.2, 0.25) is 0 Å². The van der Waals surface area contributed by atoms with Crippen molar-refractivity contribution in [2.45, 2.75) is 17.4 Å². The van der Waals surface area contributed by atoms with Gasteiger partial charge in [-0.15, -0.1) is 11.8 Å². The Morgan fingerprint density at radius 1 is 1.19 bits per heavy atom. The van der Waals surface area contributed by atoms with Crippen LogP contribution < -0.4 is 14.8 Å². The molecule has 1 atom stereocenters. The van der Waals surface area contributed by atoms with Crippen molar-refractivity contribution < 1.29 is 24.2 Å². The number of hydrogen-bond donors (Lipinski definition) is 2. The monoisotopic (exact) mass is 373 g/mol. The Morgan fingerprint density at radius 3 is 2.73 bits per heavy atom. The summed E-state index contributed by atoms with van der Waals surface area (Å²) in [4.78, 5) is 23.8. The van der Waals surface area contributed by atoms with Crippen molar-refractivity contribution in [1.29, 1.82) is 0 Å². The zero-order valence-corrected chi connectivity index (χ0v) is 14.8. The van der Waals surface area contributed by atoms with Crippen LogP contribution in [0.15, 0.2) is 53.4 Å². The van der Waals surface area contributed by atoms with Crippen LogP contribution >= 0.6 is 11.8 Å². The van der Waals surface area contributed by atoms with Crippen LogP contribution in [0.3, 0.4) is 0 Å². The summed E-state index contributed by atoms with van der Waals surface area (Å²) in [5.41, 5.74) is 1.03. The van der Waals surface area contributed by atoms with Gasteiger partial charge in [-0.3, -0.25) is 4.79 Å². The van der Waals surface area contributed by atoms with Gasteiger partial charge in [0.15, 0.2) is 12.7 Å². The molecule has 2 aromatic rings. The van der Waals surface area contributed by atoms with Gasteiger partial charge in [0, 0.05) is 17.2 Å². The quantitative estimate of drug-likeness (QED) is 0.775. The molecule has 6 nitrogen and oxygen atoms in total. The molecule has 0 saturated heterocycles. The molecule has 1 heterocycles. The van der Waals surface area contributed by atoms with Crippen molar-refractivity contribution in [3.63, 3.8) is 0 Å². The van der Waals surface area contributed by atoms with E-state index in [1.807, 2.05) is 36.4 Å². The van der Waals surface area contributed by atoms with Crippen LogP contribution in [0.4, 0.5) is 0 Å². The van der Waals surface area contributed by atoms with E-state index in [0.717, 1.165) is 16.2 Å². The molecule has 0 bridgehead atoms. The van der Waals surface area contributed by atoms with Crippen LogP contribution in [-0.2, 0) is 16.0 Å². The summed E-state index contributed by atoms with van der Waals surface area (Å²) in [7, 11) is 0. The molecule has 1 aliphatic rings. The molecule has 0 saturated carbocycles. The average Bonchev–Trinajstić information content (AvgIpc) is 2.67. The number of hydrogen-bond acceptors (Lipinski definition) is 5. The summed E-state index contributed by atoms with van der Waals surface area (Å²) in [6.07, 6.45) is 0.184. The second kappa shape index (κ2) is 8.62. The van der Waals surface area contributed by atoms with E-state index in [1.165, 1.54) is 0 Å². The summed E-state index contributed by atoms with van der Waals surface area (Å²) >= 11 is 1.62. The van der Waals surface area contributed by atoms with Gasteiger partial charge in [0.25, 0.3) is 5.91 Å². The molecule has 0 radical (unpaired) electrons. The number of carbonyl (C=O) groups excluding carboxylic acids is 1. The molecule has 0 unspecified atom stereocenters. The predicted molar refractivity (Wildman–Crippen MR) is 97.9 cm³/mol. The maximum atomic E-state index is 12.3. The number of amides is 1. The summed E-state index contributed by atoms with van der Waals surface area (Å²) in [5, 5.41) is 11.5. The van der Waals surface area contributed by atoms with E-state index >= 15 is 0 Å². The minimum atomic E-state index is -1.01. The van der Waals surface area contributed by atoms with Crippen molar-refractivity contribution in [2.75, 3.05) is 18.9 Å². The maximum absolute atomic E-state index is 12.3. The van der Waals surface area contributed by atoms with Crippen molar-refractivity contribution in [3.8, 4) is 11.5 Å². The van der Waals surface area contributed by atoms with Gasteiger partial charge in [0.05, 0.1) is 0 Å². The Hall–Kier alpha value is -2.67. The highest BCUT2D eigenvalue weighted by Crippen LogP contribution is 2.34. The minimum absolute atomic E-state index is 0.117. The van der Waals surface area contributed by atoms with Crippen molar-refractivity contribution in [3.05, 3.63) is 54.1 Å². The maximum Gasteiger partial charge on any atom is 0.341 e. The normalized spacial score (nSPS) is 15.5. The molecular weight excluding hydrogens is 354 g/mol. The number of thioether (sulfide) groups is 1. The van der Waals surface area contributed by atoms with Gasteiger partial charge in [-0.1, -0.05) is 24.3 Å². The standard InChI is InChI=1S/C19H19NO5S/c21-18(22)11-24-14-7-5-13(6-8-14)9-10-20-19(23)16-12-26-17-4-2-1-3-15(17)25-16/h1-8,16H,9-12H2,(H,20,23)(H,21,22)/t16-/m0/s1. The molecule has 2 aromatic carbocycles. The number of carboxylic acids is 1. The highest BCUT2D eigenvalue weighted by Gasteiger charge is 2.26. The SMILES string of the molecule is O=C(O)COc1ccc(CCNC(=O)[C@@H]2CSc3ccccc3O2)cc1. The molecular formula is C19H19NO5S. The molecule has 2 N–H and O–H groups in total. The zero-order valence-electron chi connectivity index (χ0n) is 14.0. The third-order valence-electron chi connectivity index (χ3n) is 3.80. The molecule has 3 rings (SSSR count). The smallest absolute Gasteiger partial charge is 0.341 e. The molecule has 136 valence electrons. The summed E-state index contributed by atoms with van der Waals surface area (Å²) in [6.45, 7) is 0.137. The number of carboxylic acid groups (broad SMARTS) is 1. The number of fused-ring (bicyclic) bond motifs is 1. The molecule has 0 spiro atoms. The van der Waals surface area contributed by atoms with E-state index in [1.54, 1.807) is 23.9 Å². The second-order valence-corrected chi connectivity index (χ2v) is 6.79. The number of para-hydroxylation sites is 1. The van der Waals surface area contributed by atoms with Gasteiger partial charge < -0.3 is 19.9 Å². The van der Waals surface area contributed by atoms with Crippen molar-refractivity contribution in [1.82, 2.24) is 5.32 Å². The molecule has 1 amide bonds. The lowest BCUT2D eigenvalue weighted by atomic mass is 10.1. The Labute approximate surface area is 155 Å². The fourth-order valence-corrected chi connectivity index (χ4v) is 3.47. The topological polar surface area (TPSA) is 84.9 Å². The van der Waals surface area contributed by atoms with Crippen LogP contribution in [0, 0.1) is 0 Å². The summed E-state index contributed by atoms with van der Waals surface area (Å²) in [5.74, 6) is 0.724. The molecule has 0 aromatic heterocycles. The van der Waals surface area contributed by atoms with E-state index in [4.69, 9.17) is 14.6 Å². The fourth-order valence-electron chi connectivity index (χ4n) is 2.49. The Bertz CT molecular complexity index is 778. The van der Waals surface area contributed by atoms with E-state index < -0.39 is 12.1 Å². The summed E-state index contributed by atoms with van der Waals surface area (Å²) in [6, 6.07) is 14.8. The Balaban J connectivity index is 1.43. The van der Waals surface area contributed by atoms with Crippen LogP contribution in [-0.4, -0.2) is 42.0 Å². The first-order chi connectivity index (χ1) is 12.6. The van der Waals surface area contributed by atoms with Gasteiger partial charge in [-0.25, -0.2) is 4.79 Å². The van der Waals surface area contributed by atoms with E-state index in [2.05, 4.69) is 5.32 Å². The zero-order chi connectivity index (χ0) is 18.4. The van der Waals surface area contributed by atoms with Crippen molar-refractivity contribution >= 4 is 23.6 Å². The highest BCUT2D eigenvalue weighted by molar-refractivity contribution is 7.99. The third-order valence-corrected chi connectivity index (χ3v) is 4.92. The summed E-state index contributed by atoms with van der Waals surface area (Å²) < 4.78 is 10.8. The molecule has 0 aliphatic carbocycles. The Kier molecular flexibility index (Phi) is 6.01. The van der Waals surface area contributed by atoms with E-state index in [-0.39, 0.29) is 12.5 Å². The third kappa shape index (κ3) is 4.92. The number of ether oxygens (including phenoxy) is 2. The lowest BCUT2D eigenvalue weighted by Crippen LogP contribution is -2.42. The van der Waals surface area contributed by atoms with E-state index in [9.17, 15) is 9.59 Å². The second-order valence-electron chi connectivity index (χ2n) is 5.73. The fraction of sp³-hybridized carbons (Fsp3) is 0.263.